The smallest absolute Gasteiger partial charge is 0.0726 e. The lowest BCUT2D eigenvalue weighted by molar-refractivity contribution is 0.637. The van der Waals surface area contributed by atoms with Crippen LogP contribution in [0.1, 0.15) is 30.7 Å². The minimum atomic E-state index is 0.587. The van der Waals surface area contributed by atoms with Crippen molar-refractivity contribution in [2.75, 3.05) is 0 Å². The summed E-state index contributed by atoms with van der Waals surface area (Å²) in [6.45, 7) is 8.55. The zero-order valence-electron chi connectivity index (χ0n) is 11.1. The first-order valence-corrected chi connectivity index (χ1v) is 7.32. The van der Waals surface area contributed by atoms with Gasteiger partial charge in [0.15, 0.2) is 0 Å². The van der Waals surface area contributed by atoms with Crippen molar-refractivity contribution >= 4 is 38.4 Å². The Bertz CT molecular complexity index is 605. The van der Waals surface area contributed by atoms with Crippen molar-refractivity contribution in [2.45, 2.75) is 34.1 Å². The van der Waals surface area contributed by atoms with Gasteiger partial charge in [-0.3, -0.25) is 4.98 Å². The first-order chi connectivity index (χ1) is 8.40. The quantitative estimate of drug-likeness (QED) is 0.713. The maximum absolute atomic E-state index is 6.41. The van der Waals surface area contributed by atoms with Crippen LogP contribution >= 0.6 is 27.5 Å². The largest absolute Gasteiger partial charge is 0.253 e. The molecule has 0 aliphatic heterocycles. The molecule has 0 spiro atoms. The molecule has 3 heteroatoms. The van der Waals surface area contributed by atoms with E-state index in [1.54, 1.807) is 0 Å². The van der Waals surface area contributed by atoms with Crippen molar-refractivity contribution in [3.63, 3.8) is 0 Å². The van der Waals surface area contributed by atoms with Crippen molar-refractivity contribution in [3.05, 3.63) is 38.4 Å². The van der Waals surface area contributed by atoms with Gasteiger partial charge < -0.3 is 0 Å². The Hall–Kier alpha value is -0.600. The molecule has 0 saturated carbocycles. The molecule has 1 heterocycles. The van der Waals surface area contributed by atoms with E-state index >= 15 is 0 Å². The van der Waals surface area contributed by atoms with E-state index in [2.05, 4.69) is 49.7 Å². The molecular weight excluding hydrogens is 310 g/mol. The third kappa shape index (κ3) is 2.55. The molecule has 96 valence electrons. The van der Waals surface area contributed by atoms with E-state index in [9.17, 15) is 0 Å². The van der Waals surface area contributed by atoms with Crippen molar-refractivity contribution in [2.24, 2.45) is 5.92 Å². The molecule has 0 N–H and O–H groups in total. The predicted octanol–water partition coefficient (Wildman–Crippen LogP) is 5.47. The SMILES string of the molecule is Cc1cc2nc(CC(C)C)cc(Cl)c2c(C)c1Br. The lowest BCUT2D eigenvalue weighted by Crippen LogP contribution is -1.99. The molecule has 0 aliphatic carbocycles. The van der Waals surface area contributed by atoms with E-state index < -0.39 is 0 Å². The van der Waals surface area contributed by atoms with Gasteiger partial charge in [-0.1, -0.05) is 41.4 Å². The van der Waals surface area contributed by atoms with Crippen LogP contribution in [0.3, 0.4) is 0 Å². The molecule has 1 aromatic carbocycles. The van der Waals surface area contributed by atoms with Crippen molar-refractivity contribution < 1.29 is 0 Å². The highest BCUT2D eigenvalue weighted by Gasteiger charge is 2.11. The van der Waals surface area contributed by atoms with Crippen molar-refractivity contribution in [1.29, 1.82) is 0 Å². The summed E-state index contributed by atoms with van der Waals surface area (Å²) in [5.41, 5.74) is 4.43. The summed E-state index contributed by atoms with van der Waals surface area (Å²) in [7, 11) is 0. The summed E-state index contributed by atoms with van der Waals surface area (Å²) >= 11 is 10.0. The third-order valence-corrected chi connectivity index (χ3v) is 4.59. The van der Waals surface area contributed by atoms with E-state index in [0.717, 1.165) is 32.5 Å². The molecule has 0 atom stereocenters. The first kappa shape index (κ1) is 13.8. The molecule has 0 aliphatic rings. The fraction of sp³-hybridized carbons (Fsp3) is 0.400. The van der Waals surface area contributed by atoms with E-state index in [0.29, 0.717) is 5.92 Å². The average Bonchev–Trinajstić information content (AvgIpc) is 2.24. The lowest BCUT2D eigenvalue weighted by atomic mass is 10.0. The van der Waals surface area contributed by atoms with Crippen LogP contribution in [0.5, 0.6) is 0 Å². The maximum atomic E-state index is 6.41. The number of hydrogen-bond acceptors (Lipinski definition) is 1. The summed E-state index contributed by atoms with van der Waals surface area (Å²) in [5, 5.41) is 1.86. The highest BCUT2D eigenvalue weighted by molar-refractivity contribution is 9.10. The summed E-state index contributed by atoms with van der Waals surface area (Å²) < 4.78 is 1.12. The van der Waals surface area contributed by atoms with Crippen LogP contribution < -0.4 is 0 Å². The van der Waals surface area contributed by atoms with Crippen LogP contribution in [0.25, 0.3) is 10.9 Å². The van der Waals surface area contributed by atoms with E-state index in [1.807, 2.05) is 6.07 Å². The van der Waals surface area contributed by atoms with Crippen molar-refractivity contribution in [1.82, 2.24) is 4.98 Å². The normalized spacial score (nSPS) is 11.5. The molecule has 18 heavy (non-hydrogen) atoms. The Balaban J connectivity index is 2.70. The molecular formula is C15H17BrClN. The van der Waals surface area contributed by atoms with Gasteiger partial charge in [-0.2, -0.15) is 0 Å². The number of halogens is 2. The van der Waals surface area contributed by atoms with E-state index in [1.165, 1.54) is 11.1 Å². The molecule has 0 bridgehead atoms. The highest BCUT2D eigenvalue weighted by atomic mass is 79.9. The average molecular weight is 327 g/mol. The molecule has 0 amide bonds. The molecule has 0 unspecified atom stereocenters. The number of fused-ring (bicyclic) bond motifs is 1. The van der Waals surface area contributed by atoms with Crippen molar-refractivity contribution in [3.8, 4) is 0 Å². The molecule has 1 aromatic heterocycles. The Kier molecular flexibility index (Phi) is 3.98. The number of hydrogen-bond donors (Lipinski definition) is 0. The maximum Gasteiger partial charge on any atom is 0.0726 e. The van der Waals surface area contributed by atoms with Crippen LogP contribution in [0.2, 0.25) is 5.02 Å². The minimum Gasteiger partial charge on any atom is -0.253 e. The Morgan fingerprint density at radius 2 is 1.94 bits per heavy atom. The molecule has 2 aromatic rings. The Morgan fingerprint density at radius 3 is 2.56 bits per heavy atom. The first-order valence-electron chi connectivity index (χ1n) is 6.15. The highest BCUT2D eigenvalue weighted by Crippen LogP contribution is 2.33. The van der Waals surface area contributed by atoms with Crippen LogP contribution in [0.4, 0.5) is 0 Å². The van der Waals surface area contributed by atoms with Gasteiger partial charge >= 0.3 is 0 Å². The second kappa shape index (κ2) is 5.18. The second-order valence-electron chi connectivity index (χ2n) is 5.22. The van der Waals surface area contributed by atoms with Gasteiger partial charge in [-0.05, 0) is 49.4 Å². The fourth-order valence-electron chi connectivity index (χ4n) is 2.26. The monoisotopic (exact) mass is 325 g/mol. The summed E-state index contributed by atoms with van der Waals surface area (Å²) in [6, 6.07) is 4.10. The standard InChI is InChI=1S/C15H17BrClN/c1-8(2)5-11-7-12(17)14-10(4)15(16)9(3)6-13(14)18-11/h6-8H,5H2,1-4H3. The summed E-state index contributed by atoms with van der Waals surface area (Å²) in [6.07, 6.45) is 0.962. The zero-order valence-corrected chi connectivity index (χ0v) is 13.5. The summed E-state index contributed by atoms with van der Waals surface area (Å²) in [5.74, 6) is 0.587. The Labute approximate surface area is 122 Å². The number of benzene rings is 1. The lowest BCUT2D eigenvalue weighted by Gasteiger charge is -2.12. The number of rotatable bonds is 2. The minimum absolute atomic E-state index is 0.587. The second-order valence-corrected chi connectivity index (χ2v) is 6.42. The van der Waals surface area contributed by atoms with Gasteiger partial charge in [0.25, 0.3) is 0 Å². The predicted molar refractivity (Wildman–Crippen MR) is 82.5 cm³/mol. The van der Waals surface area contributed by atoms with Gasteiger partial charge in [0.05, 0.1) is 10.5 Å². The molecule has 2 rings (SSSR count). The molecule has 1 nitrogen and oxygen atoms in total. The van der Waals surface area contributed by atoms with Gasteiger partial charge in [0.2, 0.25) is 0 Å². The molecule has 0 fully saturated rings. The number of aryl methyl sites for hydroxylation is 2. The van der Waals surface area contributed by atoms with Gasteiger partial charge in [-0.15, -0.1) is 0 Å². The van der Waals surface area contributed by atoms with E-state index in [4.69, 9.17) is 16.6 Å². The summed E-state index contributed by atoms with van der Waals surface area (Å²) in [4.78, 5) is 4.73. The number of nitrogens with zero attached hydrogens (tertiary/aromatic N) is 1. The zero-order chi connectivity index (χ0) is 13.4. The third-order valence-electron chi connectivity index (χ3n) is 3.07. The topological polar surface area (TPSA) is 12.9 Å². The van der Waals surface area contributed by atoms with Gasteiger partial charge in [-0.25, -0.2) is 0 Å². The molecule has 0 radical (unpaired) electrons. The number of pyridine rings is 1. The fourth-order valence-corrected chi connectivity index (χ4v) is 2.93. The van der Waals surface area contributed by atoms with Crippen LogP contribution in [-0.4, -0.2) is 4.98 Å². The van der Waals surface area contributed by atoms with E-state index in [-0.39, 0.29) is 0 Å². The Morgan fingerprint density at radius 1 is 1.28 bits per heavy atom. The van der Waals surface area contributed by atoms with Crippen LogP contribution in [0.15, 0.2) is 16.6 Å². The molecule has 0 saturated heterocycles. The van der Waals surface area contributed by atoms with Gasteiger partial charge in [0.1, 0.15) is 0 Å². The van der Waals surface area contributed by atoms with Gasteiger partial charge in [0, 0.05) is 15.6 Å². The van der Waals surface area contributed by atoms with Crippen LogP contribution in [-0.2, 0) is 6.42 Å². The number of aromatic nitrogens is 1. The van der Waals surface area contributed by atoms with Crippen LogP contribution in [0, 0.1) is 19.8 Å².